The lowest BCUT2D eigenvalue weighted by molar-refractivity contribution is 0.195. The third kappa shape index (κ3) is 3.25. The topological polar surface area (TPSA) is 78.5 Å². The number of benzene rings is 1. The second-order valence-electron chi connectivity index (χ2n) is 5.65. The van der Waals surface area contributed by atoms with Gasteiger partial charge in [-0.25, -0.2) is 22.9 Å². The summed E-state index contributed by atoms with van der Waals surface area (Å²) >= 11 is 0. The van der Waals surface area contributed by atoms with Crippen LogP contribution in [0.5, 0.6) is 0 Å². The van der Waals surface area contributed by atoms with Crippen LogP contribution in [0.1, 0.15) is 31.6 Å². The van der Waals surface area contributed by atoms with E-state index in [0.717, 1.165) is 12.1 Å². The van der Waals surface area contributed by atoms with Crippen molar-refractivity contribution in [1.82, 2.24) is 15.2 Å². The number of carbonyl (C=O) groups is 1. The fraction of sp³-hybridized carbons (Fsp3) is 0.533. The summed E-state index contributed by atoms with van der Waals surface area (Å²) in [5, 5.41) is 1.60. The Hall–Kier alpha value is -1.60. The summed E-state index contributed by atoms with van der Waals surface area (Å²) < 4.78 is 63.9. The molecule has 1 heterocycles. The van der Waals surface area contributed by atoms with Gasteiger partial charge < -0.3 is 0 Å². The Morgan fingerprint density at radius 2 is 1.91 bits per heavy atom. The molecular formula is C15H21N3O3S. The van der Waals surface area contributed by atoms with Gasteiger partial charge in [-0.2, -0.15) is 0 Å². The highest BCUT2D eigenvalue weighted by Crippen LogP contribution is 2.36. The van der Waals surface area contributed by atoms with E-state index in [9.17, 15) is 13.2 Å². The lowest BCUT2D eigenvalue weighted by Gasteiger charge is -2.18. The number of aryl methyl sites for hydroxylation is 1. The van der Waals surface area contributed by atoms with Gasteiger partial charge in [0, 0.05) is 19.9 Å². The summed E-state index contributed by atoms with van der Waals surface area (Å²) in [6.45, 7) is -1.38. The predicted octanol–water partition coefficient (Wildman–Crippen LogP) is 1.63. The molecule has 6 nitrogen and oxygen atoms in total. The molecule has 0 aromatic heterocycles. The summed E-state index contributed by atoms with van der Waals surface area (Å²) in [4.78, 5) is 11.8. The summed E-state index contributed by atoms with van der Waals surface area (Å²) in [6, 6.07) is 3.75. The number of hydrogen-bond acceptors (Lipinski definition) is 4. The Balaban J connectivity index is 1.58. The van der Waals surface area contributed by atoms with Crippen LogP contribution < -0.4 is 10.1 Å². The van der Waals surface area contributed by atoms with E-state index in [1.54, 1.807) is 5.01 Å². The number of hydrogen-bond donors (Lipinski definition) is 2. The Kier molecular flexibility index (Phi) is 2.74. The van der Waals surface area contributed by atoms with Gasteiger partial charge in [0.05, 0.1) is 4.90 Å². The van der Waals surface area contributed by atoms with E-state index in [2.05, 4.69) is 5.43 Å². The highest BCUT2D eigenvalue weighted by atomic mass is 32.2. The van der Waals surface area contributed by atoms with Gasteiger partial charge in [-0.1, -0.05) is 24.1 Å². The van der Waals surface area contributed by atoms with Crippen molar-refractivity contribution in [1.29, 1.82) is 0 Å². The zero-order valence-corrected chi connectivity index (χ0v) is 12.7. The van der Waals surface area contributed by atoms with Crippen molar-refractivity contribution in [2.45, 2.75) is 31.0 Å². The molecule has 2 fully saturated rings. The Labute approximate surface area is 137 Å². The van der Waals surface area contributed by atoms with Gasteiger partial charge in [-0.15, -0.1) is 0 Å². The molecule has 7 heteroatoms. The first kappa shape index (κ1) is 10.2. The van der Waals surface area contributed by atoms with E-state index in [0.29, 0.717) is 25.9 Å². The van der Waals surface area contributed by atoms with Crippen LogP contribution >= 0.6 is 0 Å². The molecule has 22 heavy (non-hydrogen) atoms. The van der Waals surface area contributed by atoms with E-state index in [-0.39, 0.29) is 22.3 Å². The van der Waals surface area contributed by atoms with E-state index >= 15 is 0 Å². The van der Waals surface area contributed by atoms with Gasteiger partial charge in [-0.3, -0.25) is 5.43 Å². The summed E-state index contributed by atoms with van der Waals surface area (Å²) in [7, 11) is -4.13. The van der Waals surface area contributed by atoms with Crippen molar-refractivity contribution in [2.24, 2.45) is 11.8 Å². The second kappa shape index (κ2) is 5.89. The number of carbonyl (C=O) groups excluding carboxylic acids is 1. The summed E-state index contributed by atoms with van der Waals surface area (Å²) in [5.41, 5.74) is 2.50. The molecule has 0 spiro atoms. The predicted molar refractivity (Wildman–Crippen MR) is 82.4 cm³/mol. The number of amides is 2. The lowest BCUT2D eigenvalue weighted by atomic mass is 10.0. The van der Waals surface area contributed by atoms with Crippen LogP contribution in [0.4, 0.5) is 4.79 Å². The fourth-order valence-electron chi connectivity index (χ4n) is 2.93. The van der Waals surface area contributed by atoms with E-state index in [4.69, 9.17) is 6.85 Å². The average Bonchev–Trinajstić information content (AvgIpc) is 2.98. The first-order valence-corrected chi connectivity index (χ1v) is 8.53. The van der Waals surface area contributed by atoms with Crippen molar-refractivity contribution in [3.63, 3.8) is 0 Å². The number of fused-ring (bicyclic) bond motifs is 1. The maximum atomic E-state index is 12.3. The molecular weight excluding hydrogens is 302 g/mol. The molecule has 1 aliphatic heterocycles. The first-order chi connectivity index (χ1) is 12.4. The number of sulfonamides is 1. The normalized spacial score (nSPS) is 31.2. The number of nitrogens with zero attached hydrogens (tertiary/aromatic N) is 1. The molecule has 120 valence electrons. The number of rotatable bonds is 3. The highest BCUT2D eigenvalue weighted by Gasteiger charge is 2.36. The van der Waals surface area contributed by atoms with Crippen LogP contribution in [0.25, 0.3) is 0 Å². The smallest absolute Gasteiger partial charge is 0.270 e. The zero-order chi connectivity index (χ0) is 20.0. The molecule has 2 atom stereocenters. The number of urea groups is 1. The van der Waals surface area contributed by atoms with Crippen LogP contribution in [0.2, 0.25) is 0 Å². The molecule has 1 aromatic carbocycles. The fourth-order valence-corrected chi connectivity index (χ4v) is 3.83. The average molecular weight is 328 g/mol. The Bertz CT molecular complexity index is 810. The Morgan fingerprint density at radius 3 is 2.50 bits per heavy atom. The molecule has 1 aromatic rings. The molecule has 2 amide bonds. The number of nitrogens with one attached hydrogen (secondary N) is 2. The van der Waals surface area contributed by atoms with Gasteiger partial charge in [-0.05, 0) is 43.7 Å². The quantitative estimate of drug-likeness (QED) is 0.884. The SMILES string of the molecule is [2H]C1([2H])CC2CN(NC(=O)NS(=O)(=O)c3ccc(C([2H])([2H])[2H])cc3)CC2C1. The van der Waals surface area contributed by atoms with E-state index < -0.39 is 29.3 Å². The molecule has 2 unspecified atom stereocenters. The number of hydrazine groups is 1. The monoisotopic (exact) mass is 328 g/mol. The van der Waals surface area contributed by atoms with Crippen LogP contribution in [0.3, 0.4) is 0 Å². The highest BCUT2D eigenvalue weighted by molar-refractivity contribution is 7.90. The molecule has 2 aliphatic rings. The standard InChI is InChI=1S/C15H21N3O3S/c1-11-5-7-14(8-6-11)22(20,21)17-15(19)16-18-9-12-3-2-4-13(12)10-18/h5-8,12-13H,2-4,9-10H2,1H3,(H2,16,17,19)/i1D3,2D2. The minimum Gasteiger partial charge on any atom is -0.270 e. The van der Waals surface area contributed by atoms with Crippen molar-refractivity contribution in [2.75, 3.05) is 13.1 Å². The maximum Gasteiger partial charge on any atom is 0.343 e. The second-order valence-corrected chi connectivity index (χ2v) is 7.34. The minimum absolute atomic E-state index is 0.00868. The van der Waals surface area contributed by atoms with Gasteiger partial charge in [0.1, 0.15) is 0 Å². The molecule has 1 saturated heterocycles. The largest absolute Gasteiger partial charge is 0.343 e. The maximum absolute atomic E-state index is 12.3. The minimum atomic E-state index is -4.13. The molecule has 1 saturated carbocycles. The third-order valence-corrected chi connectivity index (χ3v) is 5.39. The first-order valence-electron chi connectivity index (χ1n) is 9.55. The molecule has 3 rings (SSSR count). The van der Waals surface area contributed by atoms with Crippen LogP contribution in [-0.4, -0.2) is 32.5 Å². The van der Waals surface area contributed by atoms with Gasteiger partial charge in [0.25, 0.3) is 10.0 Å². The zero-order valence-electron chi connectivity index (χ0n) is 16.9. The van der Waals surface area contributed by atoms with E-state index in [1.165, 1.54) is 12.1 Å². The van der Waals surface area contributed by atoms with Gasteiger partial charge in [0.2, 0.25) is 0 Å². The summed E-state index contributed by atoms with van der Waals surface area (Å²) in [6.07, 6.45) is -0.300. The lowest BCUT2D eigenvalue weighted by Crippen LogP contribution is -2.48. The van der Waals surface area contributed by atoms with Crippen molar-refractivity contribution < 1.29 is 20.1 Å². The Morgan fingerprint density at radius 1 is 1.27 bits per heavy atom. The van der Waals surface area contributed by atoms with Crippen LogP contribution in [-0.2, 0) is 10.0 Å². The van der Waals surface area contributed by atoms with E-state index in [1.807, 2.05) is 4.72 Å². The van der Waals surface area contributed by atoms with Crippen molar-refractivity contribution in [3.05, 3.63) is 29.8 Å². The van der Waals surface area contributed by atoms with Crippen LogP contribution in [0.15, 0.2) is 29.2 Å². The van der Waals surface area contributed by atoms with Crippen molar-refractivity contribution in [3.8, 4) is 0 Å². The molecule has 0 radical (unpaired) electrons. The summed E-state index contributed by atoms with van der Waals surface area (Å²) in [5.74, 6) is 0.286. The van der Waals surface area contributed by atoms with Gasteiger partial charge in [0.15, 0.2) is 0 Å². The van der Waals surface area contributed by atoms with Gasteiger partial charge >= 0.3 is 6.03 Å². The van der Waals surface area contributed by atoms with Crippen LogP contribution in [0, 0.1) is 18.7 Å². The molecule has 2 N–H and O–H groups in total. The van der Waals surface area contributed by atoms with Crippen molar-refractivity contribution >= 4 is 16.1 Å². The molecule has 1 aliphatic carbocycles. The molecule has 0 bridgehead atoms. The third-order valence-electron chi connectivity index (χ3n) is 4.04.